The maximum absolute atomic E-state index is 14.1. The Morgan fingerprint density at radius 3 is 2.59 bits per heavy atom. The fraction of sp³-hybridized carbons (Fsp3) is 0.524. The predicted molar refractivity (Wildman–Crippen MR) is 112 cm³/mol. The van der Waals surface area contributed by atoms with Crippen molar-refractivity contribution in [2.45, 2.75) is 71.9 Å². The molecule has 1 fully saturated rings. The highest BCUT2D eigenvalue weighted by Gasteiger charge is 2.30. The minimum atomic E-state index is -2.67. The third-order valence-electron chi connectivity index (χ3n) is 5.29. The lowest BCUT2D eigenvalue weighted by molar-refractivity contribution is 0.0703. The fourth-order valence-corrected chi connectivity index (χ4v) is 4.30. The van der Waals surface area contributed by atoms with E-state index < -0.39 is 6.55 Å². The number of aromatic nitrogens is 3. The highest BCUT2D eigenvalue weighted by molar-refractivity contribution is 6.28. The average Bonchev–Trinajstić information content (AvgIpc) is 3.35. The van der Waals surface area contributed by atoms with Crippen molar-refractivity contribution in [2.75, 3.05) is 5.32 Å². The molecular weight excluding hydrogens is 398 g/mol. The predicted octanol–water partition coefficient (Wildman–Crippen LogP) is 7.07. The Balaban J connectivity index is 0.00000117. The minimum absolute atomic E-state index is 0.0363. The number of furan rings is 1. The molecule has 8 heteroatoms. The quantitative estimate of drug-likeness (QED) is 0.445. The van der Waals surface area contributed by atoms with E-state index in [-0.39, 0.29) is 11.2 Å². The van der Waals surface area contributed by atoms with E-state index in [1.807, 2.05) is 20.8 Å². The number of alkyl halides is 2. The van der Waals surface area contributed by atoms with Gasteiger partial charge in [-0.3, -0.25) is 4.57 Å². The summed E-state index contributed by atoms with van der Waals surface area (Å²) in [5.74, 6) is 1.09. The molecule has 0 radical (unpaired) electrons. The number of hydrogen-bond donors (Lipinski definition) is 1. The van der Waals surface area contributed by atoms with Gasteiger partial charge in [0, 0.05) is 5.69 Å². The first kappa shape index (κ1) is 21.6. The first-order valence-electron chi connectivity index (χ1n) is 10.2. The number of nitrogens with zero attached hydrogens (tertiary/aromatic N) is 3. The zero-order valence-corrected chi connectivity index (χ0v) is 17.8. The van der Waals surface area contributed by atoms with Gasteiger partial charge in [0.1, 0.15) is 11.3 Å². The molecule has 1 saturated carbocycles. The van der Waals surface area contributed by atoms with Crippen molar-refractivity contribution < 1.29 is 13.2 Å². The molecule has 0 saturated heterocycles. The molecule has 0 unspecified atom stereocenters. The van der Waals surface area contributed by atoms with Crippen molar-refractivity contribution in [3.05, 3.63) is 40.7 Å². The summed E-state index contributed by atoms with van der Waals surface area (Å²) in [5.41, 5.74) is 2.22. The van der Waals surface area contributed by atoms with E-state index in [1.54, 1.807) is 18.4 Å². The maximum Gasteiger partial charge on any atom is 0.319 e. The van der Waals surface area contributed by atoms with Crippen molar-refractivity contribution in [1.29, 1.82) is 0 Å². The monoisotopic (exact) mass is 424 g/mol. The van der Waals surface area contributed by atoms with E-state index in [9.17, 15) is 8.78 Å². The largest absolute Gasteiger partial charge is 0.467 e. The zero-order chi connectivity index (χ0) is 21.0. The first-order valence-corrected chi connectivity index (χ1v) is 10.6. The van der Waals surface area contributed by atoms with Gasteiger partial charge in [-0.05, 0) is 55.0 Å². The summed E-state index contributed by atoms with van der Waals surface area (Å²) in [4.78, 5) is 8.47. The van der Waals surface area contributed by atoms with Crippen LogP contribution < -0.4 is 5.32 Å². The summed E-state index contributed by atoms with van der Waals surface area (Å²) < 4.78 is 34.7. The SMILES string of the molecule is CC.Cc1c(C2CCCCC2)n(C(F)F)c2c(NCc3ccco3)nc(Cl)nc12. The Morgan fingerprint density at radius 2 is 1.97 bits per heavy atom. The zero-order valence-electron chi connectivity index (χ0n) is 17.0. The molecule has 0 amide bonds. The van der Waals surface area contributed by atoms with Gasteiger partial charge in [0.25, 0.3) is 0 Å². The highest BCUT2D eigenvalue weighted by atomic mass is 35.5. The van der Waals surface area contributed by atoms with E-state index in [0.717, 1.165) is 42.2 Å². The molecule has 0 aromatic carbocycles. The van der Waals surface area contributed by atoms with E-state index in [4.69, 9.17) is 16.0 Å². The van der Waals surface area contributed by atoms with Gasteiger partial charge in [0.05, 0.1) is 18.3 Å². The smallest absolute Gasteiger partial charge is 0.319 e. The van der Waals surface area contributed by atoms with Crippen LogP contribution in [0.4, 0.5) is 14.6 Å². The summed E-state index contributed by atoms with van der Waals surface area (Å²) in [5, 5.41) is 3.12. The topological polar surface area (TPSA) is 55.9 Å². The molecule has 1 aliphatic rings. The fourth-order valence-electron chi connectivity index (χ4n) is 4.13. The Hall–Kier alpha value is -2.15. The molecule has 1 aliphatic carbocycles. The van der Waals surface area contributed by atoms with Crippen molar-refractivity contribution in [3.8, 4) is 0 Å². The molecule has 3 aromatic rings. The van der Waals surface area contributed by atoms with Crippen LogP contribution in [0, 0.1) is 6.92 Å². The summed E-state index contributed by atoms with van der Waals surface area (Å²) >= 11 is 6.10. The number of rotatable bonds is 5. The number of halogens is 3. The molecule has 0 bridgehead atoms. The van der Waals surface area contributed by atoms with E-state index in [2.05, 4.69) is 15.3 Å². The molecule has 158 valence electrons. The van der Waals surface area contributed by atoms with Crippen LogP contribution in [-0.4, -0.2) is 14.5 Å². The van der Waals surface area contributed by atoms with Gasteiger partial charge in [-0.25, -0.2) is 4.98 Å². The number of anilines is 1. The molecule has 4 rings (SSSR count). The van der Waals surface area contributed by atoms with Gasteiger partial charge in [0.15, 0.2) is 5.82 Å². The number of aryl methyl sites for hydroxylation is 1. The number of fused-ring (bicyclic) bond motifs is 1. The van der Waals surface area contributed by atoms with Crippen LogP contribution in [0.15, 0.2) is 22.8 Å². The maximum atomic E-state index is 14.1. The molecule has 5 nitrogen and oxygen atoms in total. The molecule has 29 heavy (non-hydrogen) atoms. The summed E-state index contributed by atoms with van der Waals surface area (Å²) in [7, 11) is 0. The second kappa shape index (κ2) is 9.57. The summed E-state index contributed by atoms with van der Waals surface area (Å²) in [6, 6.07) is 3.57. The van der Waals surface area contributed by atoms with E-state index in [1.165, 1.54) is 0 Å². The molecule has 0 atom stereocenters. The Labute approximate surface area is 174 Å². The molecule has 1 N–H and O–H groups in total. The molecule has 0 aliphatic heterocycles. The van der Waals surface area contributed by atoms with Crippen molar-refractivity contribution in [3.63, 3.8) is 0 Å². The van der Waals surface area contributed by atoms with Gasteiger partial charge in [-0.2, -0.15) is 13.8 Å². The molecule has 3 heterocycles. The lowest BCUT2D eigenvalue weighted by Crippen LogP contribution is -2.13. The standard InChI is InChI=1S/C19H21ClF2N4O.C2H6/c1-11-14-16(26(19(21)22)15(11)12-6-3-2-4-7-12)17(25-18(20)24-14)23-10-13-8-5-9-27-13;1-2/h5,8-9,12,19H,2-4,6-7,10H2,1H3,(H,23,24,25);1-2H3. The van der Waals surface area contributed by atoms with Crippen molar-refractivity contribution in [2.24, 2.45) is 0 Å². The van der Waals surface area contributed by atoms with Crippen LogP contribution in [0.2, 0.25) is 5.28 Å². The Morgan fingerprint density at radius 1 is 1.24 bits per heavy atom. The summed E-state index contributed by atoms with van der Waals surface area (Å²) in [6.07, 6.45) is 6.68. The third kappa shape index (κ3) is 4.39. The summed E-state index contributed by atoms with van der Waals surface area (Å²) in [6.45, 7) is 3.50. The van der Waals surface area contributed by atoms with Crippen LogP contribution in [0.5, 0.6) is 0 Å². The highest BCUT2D eigenvalue weighted by Crippen LogP contribution is 2.42. The second-order valence-electron chi connectivity index (χ2n) is 6.96. The van der Waals surface area contributed by atoms with Gasteiger partial charge < -0.3 is 9.73 Å². The second-order valence-corrected chi connectivity index (χ2v) is 7.30. The van der Waals surface area contributed by atoms with Crippen LogP contribution in [0.25, 0.3) is 11.0 Å². The minimum Gasteiger partial charge on any atom is -0.467 e. The lowest BCUT2D eigenvalue weighted by atomic mass is 9.85. The van der Waals surface area contributed by atoms with Gasteiger partial charge >= 0.3 is 6.55 Å². The van der Waals surface area contributed by atoms with Crippen LogP contribution in [-0.2, 0) is 6.54 Å². The number of hydrogen-bond acceptors (Lipinski definition) is 4. The third-order valence-corrected chi connectivity index (χ3v) is 5.46. The lowest BCUT2D eigenvalue weighted by Gasteiger charge is -2.24. The van der Waals surface area contributed by atoms with Crippen LogP contribution >= 0.6 is 11.6 Å². The van der Waals surface area contributed by atoms with Gasteiger partial charge in [-0.15, -0.1) is 0 Å². The Bertz CT molecular complexity index is 934. The normalized spacial score (nSPS) is 14.9. The Kier molecular flexibility index (Phi) is 7.11. The number of nitrogens with one attached hydrogen (secondary N) is 1. The molecular formula is C21H27ClF2N4O. The van der Waals surface area contributed by atoms with Gasteiger partial charge in [0.2, 0.25) is 5.28 Å². The first-order chi connectivity index (χ1) is 14.1. The molecule has 0 spiro atoms. The van der Waals surface area contributed by atoms with E-state index in [0.29, 0.717) is 34.9 Å². The van der Waals surface area contributed by atoms with Crippen LogP contribution in [0.1, 0.15) is 75.4 Å². The van der Waals surface area contributed by atoms with Crippen LogP contribution in [0.3, 0.4) is 0 Å². The van der Waals surface area contributed by atoms with Crippen molar-refractivity contribution in [1.82, 2.24) is 14.5 Å². The average molecular weight is 425 g/mol. The van der Waals surface area contributed by atoms with Gasteiger partial charge in [-0.1, -0.05) is 33.1 Å². The molecule has 3 aromatic heterocycles. The van der Waals surface area contributed by atoms with E-state index >= 15 is 0 Å². The van der Waals surface area contributed by atoms with Crippen molar-refractivity contribution >= 4 is 28.5 Å².